The number of aryl methyl sites for hydroxylation is 2. The van der Waals surface area contributed by atoms with E-state index in [0.717, 1.165) is 44.5 Å². The number of rotatable bonds is 8. The summed E-state index contributed by atoms with van der Waals surface area (Å²) in [6.07, 6.45) is 2.95. The lowest BCUT2D eigenvalue weighted by Crippen LogP contribution is -2.30. The van der Waals surface area contributed by atoms with Gasteiger partial charge in [0, 0.05) is 44.7 Å². The summed E-state index contributed by atoms with van der Waals surface area (Å²) in [5.74, 6) is -0.0832. The molecule has 1 saturated heterocycles. The number of nitro groups is 1. The molecule has 5 rings (SSSR count). The summed E-state index contributed by atoms with van der Waals surface area (Å²) < 4.78 is 2.18. The second kappa shape index (κ2) is 11.4. The van der Waals surface area contributed by atoms with E-state index in [-0.39, 0.29) is 17.1 Å². The molecule has 0 bridgehead atoms. The molecule has 1 aliphatic heterocycles. The van der Waals surface area contributed by atoms with Crippen molar-refractivity contribution < 1.29 is 9.72 Å². The SMILES string of the molecule is CCc1ccc(N[C@H]2NC(=O)/C(=C/c3cc(C)n(-c4ccc(Sc5ccc([N+](=O)[O-])cc5)cc4)c3C)S2)cc1. The van der Waals surface area contributed by atoms with Crippen LogP contribution in [0.25, 0.3) is 11.8 Å². The number of thioether (sulfide) groups is 1. The fourth-order valence-electron chi connectivity index (χ4n) is 4.46. The molecular weight excluding hydrogens is 528 g/mol. The number of nitrogens with one attached hydrogen (secondary N) is 2. The molecule has 198 valence electrons. The summed E-state index contributed by atoms with van der Waals surface area (Å²) in [6, 6.07) is 25.1. The van der Waals surface area contributed by atoms with Crippen LogP contribution < -0.4 is 10.6 Å². The summed E-state index contributed by atoms with van der Waals surface area (Å²) >= 11 is 3.04. The van der Waals surface area contributed by atoms with E-state index in [4.69, 9.17) is 0 Å². The first-order valence-corrected chi connectivity index (χ1v) is 14.3. The Morgan fingerprint density at radius 1 is 1.03 bits per heavy atom. The zero-order valence-electron chi connectivity index (χ0n) is 21.8. The van der Waals surface area contributed by atoms with Crippen LogP contribution in [0.4, 0.5) is 11.4 Å². The molecule has 0 saturated carbocycles. The van der Waals surface area contributed by atoms with Crippen LogP contribution in [0.2, 0.25) is 0 Å². The largest absolute Gasteiger partial charge is 0.357 e. The van der Waals surface area contributed by atoms with Crippen LogP contribution in [0.3, 0.4) is 0 Å². The van der Waals surface area contributed by atoms with E-state index in [2.05, 4.69) is 66.3 Å². The van der Waals surface area contributed by atoms with E-state index in [9.17, 15) is 14.9 Å². The van der Waals surface area contributed by atoms with Crippen molar-refractivity contribution in [3.63, 3.8) is 0 Å². The number of carbonyl (C=O) groups excluding carboxylic acids is 1. The Kier molecular flexibility index (Phi) is 7.81. The molecule has 1 aliphatic rings. The molecule has 39 heavy (non-hydrogen) atoms. The molecule has 2 N–H and O–H groups in total. The van der Waals surface area contributed by atoms with E-state index in [1.165, 1.54) is 29.5 Å². The highest BCUT2D eigenvalue weighted by Gasteiger charge is 2.27. The molecule has 1 atom stereocenters. The number of anilines is 1. The first-order valence-electron chi connectivity index (χ1n) is 12.6. The number of hydrogen-bond donors (Lipinski definition) is 2. The van der Waals surface area contributed by atoms with Gasteiger partial charge in [-0.25, -0.2) is 0 Å². The van der Waals surface area contributed by atoms with E-state index >= 15 is 0 Å². The fourth-order valence-corrected chi connectivity index (χ4v) is 6.25. The first kappa shape index (κ1) is 26.6. The number of aromatic nitrogens is 1. The summed E-state index contributed by atoms with van der Waals surface area (Å²) in [4.78, 5) is 25.8. The first-order chi connectivity index (χ1) is 18.8. The lowest BCUT2D eigenvalue weighted by molar-refractivity contribution is -0.384. The van der Waals surface area contributed by atoms with Gasteiger partial charge in [-0.2, -0.15) is 0 Å². The lowest BCUT2D eigenvalue weighted by atomic mass is 10.1. The molecule has 0 spiro atoms. The lowest BCUT2D eigenvalue weighted by Gasteiger charge is -2.12. The Hall–Kier alpha value is -3.95. The van der Waals surface area contributed by atoms with Gasteiger partial charge in [0.05, 0.1) is 9.83 Å². The molecule has 3 aromatic carbocycles. The van der Waals surface area contributed by atoms with Gasteiger partial charge >= 0.3 is 0 Å². The van der Waals surface area contributed by atoms with Crippen molar-refractivity contribution in [2.75, 3.05) is 5.32 Å². The topological polar surface area (TPSA) is 89.2 Å². The number of benzene rings is 3. The molecule has 7 nitrogen and oxygen atoms in total. The Morgan fingerprint density at radius 3 is 2.28 bits per heavy atom. The maximum Gasteiger partial charge on any atom is 0.269 e. The second-order valence-corrected chi connectivity index (χ2v) is 11.5. The minimum Gasteiger partial charge on any atom is -0.357 e. The van der Waals surface area contributed by atoms with Crippen molar-refractivity contribution >= 4 is 46.9 Å². The molecule has 1 fully saturated rings. The Labute approximate surface area is 235 Å². The second-order valence-electron chi connectivity index (χ2n) is 9.18. The standard InChI is InChI=1S/C30H28N4O3S2/c1-4-21-5-7-23(8-6-21)31-30-32-29(35)28(39-30)18-22-17-19(2)33(20(22)3)24-9-13-26(14-10-24)38-27-15-11-25(12-16-27)34(36)37/h5-18,30-31H,4H2,1-3H3,(H,32,35)/b28-18-/t30-/m0/s1. The van der Waals surface area contributed by atoms with Gasteiger partial charge in [-0.05, 0) is 92.1 Å². The summed E-state index contributed by atoms with van der Waals surface area (Å²) in [5.41, 5.74) is 6.27. The zero-order chi connectivity index (χ0) is 27.5. The molecule has 1 amide bonds. The molecule has 2 heterocycles. The Bertz CT molecular complexity index is 1540. The fraction of sp³-hybridized carbons (Fsp3) is 0.167. The highest BCUT2D eigenvalue weighted by molar-refractivity contribution is 8.05. The van der Waals surface area contributed by atoms with Gasteiger partial charge < -0.3 is 15.2 Å². The van der Waals surface area contributed by atoms with Crippen LogP contribution >= 0.6 is 23.5 Å². The smallest absolute Gasteiger partial charge is 0.269 e. The van der Waals surface area contributed by atoms with Crippen molar-refractivity contribution in [1.29, 1.82) is 0 Å². The average Bonchev–Trinajstić information content (AvgIpc) is 3.42. The molecule has 9 heteroatoms. The quantitative estimate of drug-likeness (QED) is 0.134. The van der Waals surface area contributed by atoms with Gasteiger partial charge in [0.2, 0.25) is 0 Å². The van der Waals surface area contributed by atoms with Gasteiger partial charge in [-0.15, -0.1) is 0 Å². The highest BCUT2D eigenvalue weighted by atomic mass is 32.2. The van der Waals surface area contributed by atoms with E-state index in [1.807, 2.05) is 30.3 Å². The average molecular weight is 557 g/mol. The van der Waals surface area contributed by atoms with Gasteiger partial charge in [0.15, 0.2) is 5.50 Å². The molecule has 1 aromatic heterocycles. The summed E-state index contributed by atoms with van der Waals surface area (Å²) in [7, 11) is 0. The monoisotopic (exact) mass is 556 g/mol. The van der Waals surface area contributed by atoms with Gasteiger partial charge in [0.25, 0.3) is 11.6 Å². The third-order valence-corrected chi connectivity index (χ3v) is 8.57. The Balaban J connectivity index is 1.29. The van der Waals surface area contributed by atoms with E-state index in [0.29, 0.717) is 4.91 Å². The molecule has 0 unspecified atom stereocenters. The number of nitro benzene ring substituents is 1. The van der Waals surface area contributed by atoms with Crippen LogP contribution in [-0.4, -0.2) is 20.9 Å². The third-order valence-electron chi connectivity index (χ3n) is 6.53. The van der Waals surface area contributed by atoms with Crippen molar-refractivity contribution in [3.05, 3.63) is 116 Å². The number of carbonyl (C=O) groups is 1. The summed E-state index contributed by atoms with van der Waals surface area (Å²) in [5, 5.41) is 17.3. The number of nitrogens with zero attached hydrogens (tertiary/aromatic N) is 2. The minimum atomic E-state index is -0.394. The predicted molar refractivity (Wildman–Crippen MR) is 159 cm³/mol. The van der Waals surface area contributed by atoms with Crippen molar-refractivity contribution in [2.24, 2.45) is 0 Å². The van der Waals surface area contributed by atoms with Crippen molar-refractivity contribution in [3.8, 4) is 5.69 Å². The van der Waals surface area contributed by atoms with E-state index < -0.39 is 4.92 Å². The zero-order valence-corrected chi connectivity index (χ0v) is 23.4. The van der Waals surface area contributed by atoms with Crippen LogP contribution in [0.15, 0.2) is 93.6 Å². The normalized spacial score (nSPS) is 15.9. The Morgan fingerprint density at radius 2 is 1.67 bits per heavy atom. The number of amides is 1. The highest BCUT2D eigenvalue weighted by Crippen LogP contribution is 2.33. The molecule has 4 aromatic rings. The van der Waals surface area contributed by atoms with Gasteiger partial charge in [-0.3, -0.25) is 14.9 Å². The molecular formula is C30H28N4O3S2. The van der Waals surface area contributed by atoms with Crippen LogP contribution in [0.5, 0.6) is 0 Å². The summed E-state index contributed by atoms with van der Waals surface area (Å²) in [6.45, 7) is 6.24. The van der Waals surface area contributed by atoms with Crippen LogP contribution in [0.1, 0.15) is 29.4 Å². The third kappa shape index (κ3) is 6.05. The van der Waals surface area contributed by atoms with Crippen molar-refractivity contribution in [1.82, 2.24) is 9.88 Å². The van der Waals surface area contributed by atoms with Gasteiger partial charge in [-0.1, -0.05) is 42.6 Å². The van der Waals surface area contributed by atoms with Crippen LogP contribution in [-0.2, 0) is 11.2 Å². The van der Waals surface area contributed by atoms with E-state index in [1.54, 1.807) is 23.9 Å². The number of hydrogen-bond acceptors (Lipinski definition) is 6. The minimum absolute atomic E-state index is 0.0832. The maximum absolute atomic E-state index is 12.7. The molecule has 0 radical (unpaired) electrons. The maximum atomic E-state index is 12.7. The van der Waals surface area contributed by atoms with Crippen LogP contribution in [0, 0.1) is 24.0 Å². The number of non-ortho nitro benzene ring substituents is 1. The predicted octanol–water partition coefficient (Wildman–Crippen LogP) is 7.32. The van der Waals surface area contributed by atoms with Gasteiger partial charge in [0.1, 0.15) is 0 Å². The molecule has 0 aliphatic carbocycles. The van der Waals surface area contributed by atoms with Crippen molar-refractivity contribution in [2.45, 2.75) is 42.5 Å².